The van der Waals surface area contributed by atoms with Gasteiger partial charge in [0.1, 0.15) is 0 Å². The van der Waals surface area contributed by atoms with Gasteiger partial charge in [-0.2, -0.15) is 0 Å². The third kappa shape index (κ3) is 3.06. The first-order valence-corrected chi connectivity index (χ1v) is 9.04. The third-order valence-electron chi connectivity index (χ3n) is 3.07. The van der Waals surface area contributed by atoms with Crippen LogP contribution in [0, 0.1) is 0 Å². The summed E-state index contributed by atoms with van der Waals surface area (Å²) in [7, 11) is -1.24. The molecule has 15 heavy (non-hydrogen) atoms. The summed E-state index contributed by atoms with van der Waals surface area (Å²) in [6, 6.07) is 10.1. The predicted octanol–water partition coefficient (Wildman–Crippen LogP) is 4.05. The van der Waals surface area contributed by atoms with Gasteiger partial charge in [-0.25, -0.2) is 0 Å². The third-order valence-corrected chi connectivity index (χ3v) is 6.58. The van der Waals surface area contributed by atoms with E-state index < -0.39 is 8.07 Å². The van der Waals surface area contributed by atoms with Crippen LogP contribution in [0.25, 0.3) is 6.08 Å². The first-order valence-electron chi connectivity index (χ1n) is 5.83. The fourth-order valence-corrected chi connectivity index (χ4v) is 5.07. The van der Waals surface area contributed by atoms with Crippen molar-refractivity contribution in [3.63, 3.8) is 0 Å². The lowest BCUT2D eigenvalue weighted by atomic mass is 10.2. The Labute approximate surface area is 95.0 Å². The van der Waals surface area contributed by atoms with Gasteiger partial charge in [0.25, 0.3) is 0 Å². The van der Waals surface area contributed by atoms with Crippen LogP contribution in [-0.2, 0) is 0 Å². The van der Waals surface area contributed by atoms with E-state index in [1.165, 1.54) is 24.4 Å². The number of hydrogen-bond donors (Lipinski definition) is 0. The summed E-state index contributed by atoms with van der Waals surface area (Å²) in [6.45, 7) is 11.1. The quantitative estimate of drug-likeness (QED) is 0.654. The second-order valence-electron chi connectivity index (χ2n) is 4.78. The molecular formula is C14H22Si. The van der Waals surface area contributed by atoms with Crippen LogP contribution < -0.4 is 5.19 Å². The first-order chi connectivity index (χ1) is 7.11. The molecular weight excluding hydrogens is 196 g/mol. The van der Waals surface area contributed by atoms with Crippen molar-refractivity contribution in [3.05, 3.63) is 36.4 Å². The Morgan fingerprint density at radius 1 is 1.27 bits per heavy atom. The summed E-state index contributed by atoms with van der Waals surface area (Å²) in [5.74, 6) is 0. The number of rotatable bonds is 5. The van der Waals surface area contributed by atoms with E-state index in [0.717, 1.165) is 0 Å². The molecule has 0 saturated heterocycles. The summed E-state index contributed by atoms with van der Waals surface area (Å²) in [5, 5.41) is 1.56. The van der Waals surface area contributed by atoms with Gasteiger partial charge in [0, 0.05) is 0 Å². The van der Waals surface area contributed by atoms with E-state index >= 15 is 0 Å². The van der Waals surface area contributed by atoms with Crippen LogP contribution in [0.5, 0.6) is 0 Å². The molecule has 0 N–H and O–H groups in total. The maximum absolute atomic E-state index is 3.91. The van der Waals surface area contributed by atoms with Gasteiger partial charge in [-0.05, 0) is 5.56 Å². The van der Waals surface area contributed by atoms with Gasteiger partial charge in [0.2, 0.25) is 0 Å². The highest BCUT2D eigenvalue weighted by molar-refractivity contribution is 6.90. The molecule has 0 unspecified atom stereocenters. The Morgan fingerprint density at radius 3 is 2.53 bits per heavy atom. The van der Waals surface area contributed by atoms with E-state index in [9.17, 15) is 0 Å². The molecule has 0 bridgehead atoms. The van der Waals surface area contributed by atoms with Crippen LogP contribution in [0.15, 0.2) is 30.8 Å². The van der Waals surface area contributed by atoms with E-state index in [1.54, 1.807) is 5.19 Å². The van der Waals surface area contributed by atoms with E-state index in [0.29, 0.717) is 0 Å². The first kappa shape index (κ1) is 12.2. The number of hydrogen-bond acceptors (Lipinski definition) is 0. The van der Waals surface area contributed by atoms with Crippen LogP contribution in [-0.4, -0.2) is 8.07 Å². The average Bonchev–Trinajstić information content (AvgIpc) is 2.26. The van der Waals surface area contributed by atoms with Gasteiger partial charge in [0.05, 0.1) is 8.07 Å². The molecule has 0 amide bonds. The zero-order valence-corrected chi connectivity index (χ0v) is 11.2. The molecule has 0 aliphatic heterocycles. The lowest BCUT2D eigenvalue weighted by molar-refractivity contribution is 0.870. The highest BCUT2D eigenvalue weighted by Gasteiger charge is 2.24. The van der Waals surface area contributed by atoms with Crippen molar-refractivity contribution in [2.45, 2.75) is 38.9 Å². The smallest absolute Gasteiger partial charge is 0.0814 e. The second kappa shape index (κ2) is 5.31. The minimum absolute atomic E-state index is 1.24. The van der Waals surface area contributed by atoms with Crippen LogP contribution in [0.4, 0.5) is 0 Å². The van der Waals surface area contributed by atoms with Gasteiger partial charge >= 0.3 is 0 Å². The molecule has 0 aliphatic carbocycles. The van der Waals surface area contributed by atoms with Crippen molar-refractivity contribution < 1.29 is 0 Å². The van der Waals surface area contributed by atoms with Crippen molar-refractivity contribution in [1.29, 1.82) is 0 Å². The minimum Gasteiger partial charge on any atom is -0.0985 e. The minimum atomic E-state index is -1.24. The molecule has 0 nitrogen and oxygen atoms in total. The number of unbranched alkanes of at least 4 members (excludes halogenated alkanes) is 1. The van der Waals surface area contributed by atoms with E-state index in [1.807, 2.05) is 6.08 Å². The van der Waals surface area contributed by atoms with Crippen LogP contribution in [0.1, 0.15) is 25.3 Å². The Morgan fingerprint density at radius 2 is 1.93 bits per heavy atom. The molecule has 0 aliphatic rings. The lowest BCUT2D eigenvalue weighted by Gasteiger charge is -2.24. The SMILES string of the molecule is C=Cc1ccccc1[Si](C)(C)CCCC. The molecule has 1 aromatic carbocycles. The summed E-state index contributed by atoms with van der Waals surface area (Å²) in [6.07, 6.45) is 4.65. The molecule has 0 atom stereocenters. The number of benzene rings is 1. The topological polar surface area (TPSA) is 0 Å². The summed E-state index contributed by atoms with van der Waals surface area (Å²) in [4.78, 5) is 0. The molecule has 0 fully saturated rings. The fourth-order valence-electron chi connectivity index (χ4n) is 2.04. The maximum atomic E-state index is 3.91. The van der Waals surface area contributed by atoms with Crippen LogP contribution in [0.2, 0.25) is 19.1 Å². The Kier molecular flexibility index (Phi) is 4.34. The average molecular weight is 218 g/mol. The van der Waals surface area contributed by atoms with Crippen LogP contribution >= 0.6 is 0 Å². The van der Waals surface area contributed by atoms with Crippen molar-refractivity contribution in [2.24, 2.45) is 0 Å². The molecule has 1 rings (SSSR count). The normalized spacial score (nSPS) is 11.4. The summed E-state index contributed by atoms with van der Waals surface area (Å²) < 4.78 is 0. The Hall–Kier alpha value is -0.823. The zero-order valence-electron chi connectivity index (χ0n) is 10.2. The van der Waals surface area contributed by atoms with E-state index in [4.69, 9.17) is 0 Å². The molecule has 1 heteroatoms. The van der Waals surface area contributed by atoms with Gasteiger partial charge in [0.15, 0.2) is 0 Å². The molecule has 82 valence electrons. The van der Waals surface area contributed by atoms with Crippen molar-refractivity contribution in [2.75, 3.05) is 0 Å². The molecule has 0 saturated carbocycles. The molecule has 0 radical (unpaired) electrons. The largest absolute Gasteiger partial charge is 0.0985 e. The fraction of sp³-hybridized carbons (Fsp3) is 0.429. The van der Waals surface area contributed by atoms with E-state index in [-0.39, 0.29) is 0 Å². The van der Waals surface area contributed by atoms with Gasteiger partial charge in [-0.1, -0.05) is 81.0 Å². The summed E-state index contributed by atoms with van der Waals surface area (Å²) in [5.41, 5.74) is 1.34. The van der Waals surface area contributed by atoms with Gasteiger partial charge in [-0.15, -0.1) is 0 Å². The Bertz CT molecular complexity index is 326. The van der Waals surface area contributed by atoms with Crippen LogP contribution in [0.3, 0.4) is 0 Å². The van der Waals surface area contributed by atoms with Crippen molar-refractivity contribution >= 4 is 19.3 Å². The second-order valence-corrected chi connectivity index (χ2v) is 9.59. The molecule has 1 aromatic rings. The van der Waals surface area contributed by atoms with Crippen molar-refractivity contribution in [3.8, 4) is 0 Å². The van der Waals surface area contributed by atoms with E-state index in [2.05, 4.69) is 50.9 Å². The van der Waals surface area contributed by atoms with Crippen molar-refractivity contribution in [1.82, 2.24) is 0 Å². The Balaban J connectivity index is 2.97. The molecule has 0 spiro atoms. The maximum Gasteiger partial charge on any atom is 0.0814 e. The highest BCUT2D eigenvalue weighted by atomic mass is 28.3. The standard InChI is InChI=1S/C14H22Si/c1-5-7-12-15(3,4)14-11-9-8-10-13(14)6-2/h6,8-11H,2,5,7,12H2,1,3-4H3. The summed E-state index contributed by atoms with van der Waals surface area (Å²) >= 11 is 0. The van der Waals surface area contributed by atoms with Gasteiger partial charge in [-0.3, -0.25) is 0 Å². The zero-order chi connectivity index (χ0) is 11.3. The predicted molar refractivity (Wildman–Crippen MR) is 73.4 cm³/mol. The lowest BCUT2D eigenvalue weighted by Crippen LogP contribution is -2.42. The highest BCUT2D eigenvalue weighted by Crippen LogP contribution is 2.16. The monoisotopic (exact) mass is 218 g/mol. The molecule has 0 aromatic heterocycles. The molecule has 0 heterocycles. The van der Waals surface area contributed by atoms with Gasteiger partial charge < -0.3 is 0 Å².